The molecule has 1 aromatic carbocycles. The zero-order valence-corrected chi connectivity index (χ0v) is 14.5. The lowest BCUT2D eigenvalue weighted by molar-refractivity contribution is 0.141. The van der Waals surface area contributed by atoms with E-state index in [4.69, 9.17) is 16.3 Å². The van der Waals surface area contributed by atoms with Crippen molar-refractivity contribution in [1.29, 1.82) is 0 Å². The third-order valence-corrected chi connectivity index (χ3v) is 3.84. The highest BCUT2D eigenvalue weighted by Crippen LogP contribution is 2.25. The molecule has 1 rings (SSSR count). The molecule has 118 valence electrons. The summed E-state index contributed by atoms with van der Waals surface area (Å²) in [4.78, 5) is 13.9. The van der Waals surface area contributed by atoms with Crippen LogP contribution in [0.4, 0.5) is 4.79 Å². The van der Waals surface area contributed by atoms with Crippen molar-refractivity contribution in [1.82, 2.24) is 10.2 Å². The number of urea groups is 1. The van der Waals surface area contributed by atoms with E-state index < -0.39 is 0 Å². The van der Waals surface area contributed by atoms with Gasteiger partial charge in [-0.05, 0) is 64.8 Å². The summed E-state index contributed by atoms with van der Waals surface area (Å²) in [6, 6.07) is 3.60. The molecular formula is C16H25ClN2O2. The molecule has 4 nitrogen and oxygen atoms in total. The van der Waals surface area contributed by atoms with Crippen molar-refractivity contribution in [3.63, 3.8) is 0 Å². The largest absolute Gasteiger partial charge is 0.473 e. The van der Waals surface area contributed by atoms with Crippen molar-refractivity contribution in [3.8, 4) is 5.75 Å². The second kappa shape index (κ2) is 7.03. The van der Waals surface area contributed by atoms with Crippen LogP contribution in [0.1, 0.15) is 38.8 Å². The molecule has 0 heterocycles. The predicted octanol–water partition coefficient (Wildman–Crippen LogP) is 4.12. The number of hydrogen-bond acceptors (Lipinski definition) is 2. The fourth-order valence-electron chi connectivity index (χ4n) is 2.19. The molecule has 0 aliphatic carbocycles. The molecule has 0 unspecified atom stereocenters. The first-order chi connectivity index (χ1) is 9.66. The molecule has 0 saturated carbocycles. The van der Waals surface area contributed by atoms with Gasteiger partial charge < -0.3 is 15.0 Å². The third-order valence-electron chi connectivity index (χ3n) is 3.24. The smallest absolute Gasteiger partial charge is 0.320 e. The first kappa shape index (κ1) is 17.6. The van der Waals surface area contributed by atoms with E-state index in [1.807, 2.05) is 53.7 Å². The number of aryl methyl sites for hydroxylation is 2. The van der Waals surface area contributed by atoms with Crippen molar-refractivity contribution >= 4 is 17.6 Å². The first-order valence-electron chi connectivity index (χ1n) is 7.11. The van der Waals surface area contributed by atoms with Crippen LogP contribution in [0, 0.1) is 13.8 Å². The maximum Gasteiger partial charge on any atom is 0.320 e. The Morgan fingerprint density at radius 3 is 2.24 bits per heavy atom. The van der Waals surface area contributed by atoms with E-state index in [1.165, 1.54) is 0 Å². The lowest BCUT2D eigenvalue weighted by Gasteiger charge is -2.34. The SMILES string of the molecule is CCN(C(=O)NCOc1cc(C)c(Cl)c(C)c1)C(C)(C)C. The number of carbonyl (C=O) groups is 1. The molecule has 1 aromatic rings. The highest BCUT2D eigenvalue weighted by atomic mass is 35.5. The number of hydrogen-bond donors (Lipinski definition) is 1. The summed E-state index contributed by atoms with van der Waals surface area (Å²) >= 11 is 6.11. The van der Waals surface area contributed by atoms with Crippen molar-refractivity contribution in [2.45, 2.75) is 47.1 Å². The average molecular weight is 313 g/mol. The van der Waals surface area contributed by atoms with E-state index in [0.29, 0.717) is 12.3 Å². The fourth-order valence-corrected chi connectivity index (χ4v) is 2.30. The van der Waals surface area contributed by atoms with E-state index in [2.05, 4.69) is 5.32 Å². The molecular weight excluding hydrogens is 288 g/mol. The molecule has 2 amide bonds. The summed E-state index contributed by atoms with van der Waals surface area (Å²) < 4.78 is 5.58. The van der Waals surface area contributed by atoms with Gasteiger partial charge in [0, 0.05) is 17.1 Å². The van der Waals surface area contributed by atoms with Crippen LogP contribution in [0.15, 0.2) is 12.1 Å². The second-order valence-electron chi connectivity index (χ2n) is 6.06. The Morgan fingerprint density at radius 2 is 1.81 bits per heavy atom. The molecule has 21 heavy (non-hydrogen) atoms. The van der Waals surface area contributed by atoms with Gasteiger partial charge in [-0.2, -0.15) is 0 Å². The number of ether oxygens (including phenoxy) is 1. The van der Waals surface area contributed by atoms with Crippen molar-refractivity contribution in [3.05, 3.63) is 28.3 Å². The van der Waals surface area contributed by atoms with Crippen molar-refractivity contribution in [2.24, 2.45) is 0 Å². The highest BCUT2D eigenvalue weighted by molar-refractivity contribution is 6.32. The molecule has 5 heteroatoms. The van der Waals surface area contributed by atoms with Crippen LogP contribution in [-0.4, -0.2) is 29.7 Å². The lowest BCUT2D eigenvalue weighted by atomic mass is 10.1. The summed E-state index contributed by atoms with van der Waals surface area (Å²) in [7, 11) is 0. The molecule has 0 spiro atoms. The van der Waals surface area contributed by atoms with Gasteiger partial charge in [0.05, 0.1) is 0 Å². The lowest BCUT2D eigenvalue weighted by Crippen LogP contribution is -2.50. The average Bonchev–Trinajstić information content (AvgIpc) is 2.34. The Hall–Kier alpha value is -1.42. The quantitative estimate of drug-likeness (QED) is 0.850. The molecule has 0 saturated heterocycles. The summed E-state index contributed by atoms with van der Waals surface area (Å²) in [5.41, 5.74) is 1.71. The summed E-state index contributed by atoms with van der Waals surface area (Å²) in [6.07, 6.45) is 0. The number of amides is 2. The fraction of sp³-hybridized carbons (Fsp3) is 0.562. The van der Waals surface area contributed by atoms with Crippen LogP contribution in [0.2, 0.25) is 5.02 Å². The minimum atomic E-state index is -0.216. The number of rotatable bonds is 4. The van der Waals surface area contributed by atoms with Gasteiger partial charge in [-0.3, -0.25) is 0 Å². The van der Waals surface area contributed by atoms with Crippen LogP contribution in [-0.2, 0) is 0 Å². The number of halogens is 1. The van der Waals surface area contributed by atoms with Gasteiger partial charge in [0.25, 0.3) is 0 Å². The number of benzene rings is 1. The molecule has 0 atom stereocenters. The van der Waals surface area contributed by atoms with Gasteiger partial charge in [0.15, 0.2) is 6.73 Å². The molecule has 0 aliphatic rings. The van der Waals surface area contributed by atoms with Crippen LogP contribution in [0.5, 0.6) is 5.75 Å². The monoisotopic (exact) mass is 312 g/mol. The summed E-state index contributed by atoms with van der Waals surface area (Å²) in [6.45, 7) is 12.6. The van der Waals surface area contributed by atoms with Crippen molar-refractivity contribution < 1.29 is 9.53 Å². The Labute approximate surface area is 132 Å². The standard InChI is InChI=1S/C16H25ClN2O2/c1-7-19(16(4,5)6)15(20)18-10-21-13-8-11(2)14(17)12(3)9-13/h8-9H,7,10H2,1-6H3,(H,18,20). The maximum atomic E-state index is 12.1. The molecule has 0 fully saturated rings. The normalized spacial score (nSPS) is 11.2. The highest BCUT2D eigenvalue weighted by Gasteiger charge is 2.24. The van der Waals surface area contributed by atoms with E-state index in [1.54, 1.807) is 4.90 Å². The van der Waals surface area contributed by atoms with Crippen LogP contribution >= 0.6 is 11.6 Å². The Morgan fingerprint density at radius 1 is 1.29 bits per heavy atom. The topological polar surface area (TPSA) is 41.6 Å². The minimum absolute atomic E-state index is 0.131. The number of nitrogens with one attached hydrogen (secondary N) is 1. The Balaban J connectivity index is 2.59. The first-order valence-corrected chi connectivity index (χ1v) is 7.49. The van der Waals surface area contributed by atoms with Crippen LogP contribution in [0.25, 0.3) is 0 Å². The zero-order valence-electron chi connectivity index (χ0n) is 13.7. The zero-order chi connectivity index (χ0) is 16.2. The van der Waals surface area contributed by atoms with Gasteiger partial charge in [0.2, 0.25) is 0 Å². The van der Waals surface area contributed by atoms with Gasteiger partial charge in [-0.1, -0.05) is 11.6 Å². The number of nitrogens with zero attached hydrogens (tertiary/aromatic N) is 1. The molecule has 0 aromatic heterocycles. The van der Waals surface area contributed by atoms with E-state index in [0.717, 1.165) is 16.1 Å². The van der Waals surface area contributed by atoms with Gasteiger partial charge in [-0.15, -0.1) is 0 Å². The maximum absolute atomic E-state index is 12.1. The minimum Gasteiger partial charge on any atom is -0.473 e. The van der Waals surface area contributed by atoms with Crippen LogP contribution < -0.4 is 10.1 Å². The molecule has 0 radical (unpaired) electrons. The Bertz CT molecular complexity index is 486. The molecule has 1 N–H and O–H groups in total. The van der Waals surface area contributed by atoms with E-state index in [-0.39, 0.29) is 18.3 Å². The predicted molar refractivity (Wildman–Crippen MR) is 87.1 cm³/mol. The van der Waals surface area contributed by atoms with Gasteiger partial charge in [-0.25, -0.2) is 4.79 Å². The Kier molecular flexibility index (Phi) is 5.90. The van der Waals surface area contributed by atoms with Crippen molar-refractivity contribution in [2.75, 3.05) is 13.3 Å². The van der Waals surface area contributed by atoms with Gasteiger partial charge >= 0.3 is 6.03 Å². The molecule has 0 bridgehead atoms. The number of carbonyl (C=O) groups excluding carboxylic acids is 1. The van der Waals surface area contributed by atoms with Crippen LogP contribution in [0.3, 0.4) is 0 Å². The van der Waals surface area contributed by atoms with E-state index >= 15 is 0 Å². The van der Waals surface area contributed by atoms with Gasteiger partial charge in [0.1, 0.15) is 5.75 Å². The third kappa shape index (κ3) is 4.81. The van der Waals surface area contributed by atoms with E-state index in [9.17, 15) is 4.79 Å². The summed E-state index contributed by atoms with van der Waals surface area (Å²) in [5.74, 6) is 0.702. The summed E-state index contributed by atoms with van der Waals surface area (Å²) in [5, 5.41) is 3.52. The second-order valence-corrected chi connectivity index (χ2v) is 6.43. The molecule has 0 aliphatic heterocycles.